The number of halogens is 1. The van der Waals surface area contributed by atoms with Crippen molar-refractivity contribution in [2.75, 3.05) is 7.11 Å². The first kappa shape index (κ1) is 16.5. The van der Waals surface area contributed by atoms with Crippen LogP contribution < -0.4 is 15.2 Å². The molecule has 1 aromatic carbocycles. The fourth-order valence-electron chi connectivity index (χ4n) is 1.47. The average Bonchev–Trinajstić information content (AvgIpc) is 2.29. The van der Waals surface area contributed by atoms with Crippen LogP contribution in [-0.2, 0) is 4.79 Å². The second kappa shape index (κ2) is 7.74. The number of carbonyl (C=O) groups is 1. The van der Waals surface area contributed by atoms with Gasteiger partial charge in [-0.25, -0.2) is 0 Å². The number of rotatable bonds is 5. The first-order valence-electron chi connectivity index (χ1n) is 5.31. The molecule has 0 aliphatic heterocycles. The van der Waals surface area contributed by atoms with Crippen molar-refractivity contribution >= 4 is 18.4 Å². The molecule has 0 spiro atoms. The van der Waals surface area contributed by atoms with Crippen molar-refractivity contribution in [2.24, 2.45) is 5.73 Å². The van der Waals surface area contributed by atoms with Gasteiger partial charge in [0.05, 0.1) is 7.11 Å². The number of benzene rings is 1. The third kappa shape index (κ3) is 4.39. The molecule has 0 aliphatic carbocycles. The summed E-state index contributed by atoms with van der Waals surface area (Å²) in [7, 11) is 1.52. The van der Waals surface area contributed by atoms with E-state index >= 15 is 0 Å². The zero-order valence-electron chi connectivity index (χ0n) is 10.5. The second-order valence-electron chi connectivity index (χ2n) is 3.63. The number of hydrogen-bond acceptors (Lipinski definition) is 4. The van der Waals surface area contributed by atoms with Gasteiger partial charge in [0.25, 0.3) is 0 Å². The SMILES string of the molecule is C=CC[C@@H](N)c1ccc(OC(C)=O)c(OC)c1.Cl. The van der Waals surface area contributed by atoms with Crippen molar-refractivity contribution < 1.29 is 14.3 Å². The first-order chi connectivity index (χ1) is 8.08. The molecule has 18 heavy (non-hydrogen) atoms. The van der Waals surface area contributed by atoms with E-state index in [0.29, 0.717) is 17.9 Å². The van der Waals surface area contributed by atoms with E-state index in [1.807, 2.05) is 6.07 Å². The van der Waals surface area contributed by atoms with Crippen LogP contribution in [0.15, 0.2) is 30.9 Å². The van der Waals surface area contributed by atoms with Crippen molar-refractivity contribution in [1.29, 1.82) is 0 Å². The maximum absolute atomic E-state index is 10.9. The molecular weight excluding hydrogens is 254 g/mol. The highest BCUT2D eigenvalue weighted by Gasteiger charge is 2.11. The van der Waals surface area contributed by atoms with Gasteiger partial charge in [-0.1, -0.05) is 12.1 Å². The molecule has 0 bridgehead atoms. The molecule has 0 unspecified atom stereocenters. The summed E-state index contributed by atoms with van der Waals surface area (Å²) in [6, 6.07) is 5.13. The smallest absolute Gasteiger partial charge is 0.308 e. The molecule has 1 atom stereocenters. The number of ether oxygens (including phenoxy) is 2. The van der Waals surface area contributed by atoms with Crippen LogP contribution in [0.4, 0.5) is 0 Å². The molecule has 5 heteroatoms. The summed E-state index contributed by atoms with van der Waals surface area (Å²) in [4.78, 5) is 10.9. The van der Waals surface area contributed by atoms with Gasteiger partial charge in [-0.15, -0.1) is 19.0 Å². The molecule has 1 aromatic rings. The van der Waals surface area contributed by atoms with Crippen LogP contribution in [0, 0.1) is 0 Å². The normalized spacial score (nSPS) is 11.1. The molecule has 0 saturated carbocycles. The highest BCUT2D eigenvalue weighted by atomic mass is 35.5. The van der Waals surface area contributed by atoms with E-state index in [-0.39, 0.29) is 24.4 Å². The van der Waals surface area contributed by atoms with Crippen molar-refractivity contribution in [3.63, 3.8) is 0 Å². The number of esters is 1. The maximum atomic E-state index is 10.9. The Morgan fingerprint density at radius 2 is 2.17 bits per heavy atom. The van der Waals surface area contributed by atoms with Crippen LogP contribution in [0.25, 0.3) is 0 Å². The summed E-state index contributed by atoms with van der Waals surface area (Å²) in [5.41, 5.74) is 6.86. The van der Waals surface area contributed by atoms with E-state index in [1.165, 1.54) is 14.0 Å². The Labute approximate surface area is 113 Å². The average molecular weight is 272 g/mol. The molecule has 0 heterocycles. The Hall–Kier alpha value is -1.52. The van der Waals surface area contributed by atoms with Crippen LogP contribution in [-0.4, -0.2) is 13.1 Å². The van der Waals surface area contributed by atoms with Gasteiger partial charge in [0.2, 0.25) is 0 Å². The van der Waals surface area contributed by atoms with Crippen LogP contribution in [0.1, 0.15) is 24.9 Å². The maximum Gasteiger partial charge on any atom is 0.308 e. The molecular formula is C13H18ClNO3. The van der Waals surface area contributed by atoms with E-state index in [9.17, 15) is 4.79 Å². The highest BCUT2D eigenvalue weighted by molar-refractivity contribution is 5.85. The highest BCUT2D eigenvalue weighted by Crippen LogP contribution is 2.30. The fraction of sp³-hybridized carbons (Fsp3) is 0.308. The third-order valence-corrected chi connectivity index (χ3v) is 2.29. The molecule has 1 rings (SSSR count). The number of nitrogens with two attached hydrogens (primary N) is 1. The predicted octanol–water partition coefficient (Wildman–Crippen LogP) is 2.62. The van der Waals surface area contributed by atoms with Crippen molar-refractivity contribution in [3.05, 3.63) is 36.4 Å². The molecule has 100 valence electrons. The minimum absolute atomic E-state index is 0. The lowest BCUT2D eigenvalue weighted by Gasteiger charge is -2.13. The zero-order chi connectivity index (χ0) is 12.8. The molecule has 0 aromatic heterocycles. The predicted molar refractivity (Wildman–Crippen MR) is 73.3 cm³/mol. The molecule has 4 nitrogen and oxygen atoms in total. The Morgan fingerprint density at radius 3 is 2.67 bits per heavy atom. The molecule has 0 fully saturated rings. The topological polar surface area (TPSA) is 61.5 Å². The molecule has 0 radical (unpaired) electrons. The summed E-state index contributed by atoms with van der Waals surface area (Å²) < 4.78 is 10.2. The molecule has 2 N–H and O–H groups in total. The summed E-state index contributed by atoms with van der Waals surface area (Å²) in [5, 5.41) is 0. The van der Waals surface area contributed by atoms with Gasteiger partial charge >= 0.3 is 5.97 Å². The largest absolute Gasteiger partial charge is 0.493 e. The second-order valence-corrected chi connectivity index (χ2v) is 3.63. The van der Waals surface area contributed by atoms with Gasteiger partial charge in [-0.2, -0.15) is 0 Å². The Bertz CT molecular complexity index is 421. The number of carbonyl (C=O) groups excluding carboxylic acids is 1. The van der Waals surface area contributed by atoms with E-state index < -0.39 is 0 Å². The van der Waals surface area contributed by atoms with Gasteiger partial charge < -0.3 is 15.2 Å². The van der Waals surface area contributed by atoms with Crippen LogP contribution >= 0.6 is 12.4 Å². The van der Waals surface area contributed by atoms with E-state index in [1.54, 1.807) is 18.2 Å². The van der Waals surface area contributed by atoms with Crippen molar-refractivity contribution in [1.82, 2.24) is 0 Å². The van der Waals surface area contributed by atoms with Crippen LogP contribution in [0.2, 0.25) is 0 Å². The Balaban J connectivity index is 0.00000289. The summed E-state index contributed by atoms with van der Waals surface area (Å²) in [6.07, 6.45) is 2.44. The van der Waals surface area contributed by atoms with E-state index in [2.05, 4.69) is 6.58 Å². The van der Waals surface area contributed by atoms with Crippen molar-refractivity contribution in [2.45, 2.75) is 19.4 Å². The Kier molecular flexibility index (Phi) is 7.08. The van der Waals surface area contributed by atoms with Crippen molar-refractivity contribution in [3.8, 4) is 11.5 Å². The minimum Gasteiger partial charge on any atom is -0.493 e. The summed E-state index contributed by atoms with van der Waals surface area (Å²) in [6.45, 7) is 4.99. The van der Waals surface area contributed by atoms with Gasteiger partial charge in [-0.05, 0) is 24.1 Å². The van der Waals surface area contributed by atoms with Crippen LogP contribution in [0.5, 0.6) is 11.5 Å². The molecule has 0 aliphatic rings. The monoisotopic (exact) mass is 271 g/mol. The zero-order valence-corrected chi connectivity index (χ0v) is 11.3. The summed E-state index contributed by atoms with van der Waals surface area (Å²) in [5.74, 6) is 0.512. The quantitative estimate of drug-likeness (QED) is 0.508. The van der Waals surface area contributed by atoms with Gasteiger partial charge in [0.1, 0.15) is 0 Å². The number of methoxy groups -OCH3 is 1. The molecule has 0 saturated heterocycles. The first-order valence-corrected chi connectivity index (χ1v) is 5.31. The lowest BCUT2D eigenvalue weighted by atomic mass is 10.0. The fourth-order valence-corrected chi connectivity index (χ4v) is 1.47. The molecule has 0 amide bonds. The number of hydrogen-bond donors (Lipinski definition) is 1. The summed E-state index contributed by atoms with van der Waals surface area (Å²) >= 11 is 0. The third-order valence-electron chi connectivity index (χ3n) is 2.29. The Morgan fingerprint density at radius 1 is 1.50 bits per heavy atom. The van der Waals surface area contributed by atoms with Crippen LogP contribution in [0.3, 0.4) is 0 Å². The van der Waals surface area contributed by atoms with Gasteiger partial charge in [0.15, 0.2) is 11.5 Å². The van der Waals surface area contributed by atoms with Gasteiger partial charge in [-0.3, -0.25) is 4.79 Å². The van der Waals surface area contributed by atoms with E-state index in [0.717, 1.165) is 5.56 Å². The van der Waals surface area contributed by atoms with E-state index in [4.69, 9.17) is 15.2 Å². The minimum atomic E-state index is -0.383. The van der Waals surface area contributed by atoms with Gasteiger partial charge in [0, 0.05) is 13.0 Å². The lowest BCUT2D eigenvalue weighted by molar-refractivity contribution is -0.132. The lowest BCUT2D eigenvalue weighted by Crippen LogP contribution is -2.10. The standard InChI is InChI=1S/C13H17NO3.ClH/c1-4-5-11(14)10-6-7-12(17-9(2)15)13(8-10)16-3;/h4,6-8,11H,1,5,14H2,2-3H3;1H/t11-;/m1./s1.